The molecule has 0 bridgehead atoms. The van der Waals surface area contributed by atoms with Crippen LogP contribution < -0.4 is 15.8 Å². The van der Waals surface area contributed by atoms with E-state index in [1.54, 1.807) is 12.1 Å². The molecule has 144 valence electrons. The summed E-state index contributed by atoms with van der Waals surface area (Å²) >= 11 is 0. The number of aryl methyl sites for hydroxylation is 1. The number of nitrogens with two attached hydrogens (primary N) is 1. The quantitative estimate of drug-likeness (QED) is 0.242. The second kappa shape index (κ2) is 9.88. The van der Waals surface area contributed by atoms with Gasteiger partial charge < -0.3 is 15.8 Å². The Balaban J connectivity index is 2.42. The minimum atomic E-state index is -3.62. The van der Waals surface area contributed by atoms with Gasteiger partial charge in [0.2, 0.25) is 15.9 Å². The van der Waals surface area contributed by atoms with Gasteiger partial charge in [-0.05, 0) is 18.4 Å². The molecule has 1 aromatic carbocycles. The highest BCUT2D eigenvalue weighted by molar-refractivity contribution is 7.88. The Morgan fingerprint density at radius 1 is 1.27 bits per heavy atom. The van der Waals surface area contributed by atoms with Crippen molar-refractivity contribution in [2.75, 3.05) is 19.9 Å². The number of hydrogen-bond acceptors (Lipinski definition) is 6. The topological polar surface area (TPSA) is 151 Å². The maximum Gasteiger partial charge on any atom is 0.325 e. The molecule has 1 amide bonds. The molecule has 0 aliphatic rings. The number of amides is 1. The van der Waals surface area contributed by atoms with Crippen LogP contribution in [0.2, 0.25) is 0 Å². The molecule has 0 saturated heterocycles. The fraction of sp³-hybridized carbons (Fsp3) is 0.438. The maximum atomic E-state index is 11.9. The summed E-state index contributed by atoms with van der Waals surface area (Å²) < 4.78 is 29.1. The van der Waals surface area contributed by atoms with Crippen LogP contribution in [0.1, 0.15) is 24.0 Å². The lowest BCUT2D eigenvalue weighted by Gasteiger charge is -2.15. The van der Waals surface area contributed by atoms with Crippen LogP contribution >= 0.6 is 0 Å². The van der Waals surface area contributed by atoms with Crippen molar-refractivity contribution >= 4 is 27.7 Å². The Labute approximate surface area is 152 Å². The SMILES string of the molecule is COC(=O)C(CNC(=O)CCCc1ccc(C(=N)N)cc1)NS(C)(=O)=O. The van der Waals surface area contributed by atoms with E-state index in [9.17, 15) is 18.0 Å². The predicted molar refractivity (Wildman–Crippen MR) is 97.2 cm³/mol. The molecule has 0 aliphatic carbocycles. The van der Waals surface area contributed by atoms with Crippen LogP contribution in [-0.2, 0) is 30.8 Å². The molecule has 10 heteroatoms. The third kappa shape index (κ3) is 8.08. The van der Waals surface area contributed by atoms with Crippen molar-refractivity contribution in [3.63, 3.8) is 0 Å². The molecule has 0 aliphatic heterocycles. The van der Waals surface area contributed by atoms with Gasteiger partial charge in [-0.3, -0.25) is 15.0 Å². The fourth-order valence-electron chi connectivity index (χ4n) is 2.18. The van der Waals surface area contributed by atoms with Gasteiger partial charge in [0.05, 0.1) is 13.4 Å². The highest BCUT2D eigenvalue weighted by Crippen LogP contribution is 2.07. The molecular weight excluding hydrogens is 360 g/mol. The molecule has 5 N–H and O–H groups in total. The molecule has 0 radical (unpaired) electrons. The maximum absolute atomic E-state index is 11.9. The summed E-state index contributed by atoms with van der Waals surface area (Å²) in [7, 11) is -2.48. The zero-order valence-corrected chi connectivity index (χ0v) is 15.6. The van der Waals surface area contributed by atoms with E-state index in [4.69, 9.17) is 11.1 Å². The van der Waals surface area contributed by atoms with E-state index in [0.29, 0.717) is 18.4 Å². The minimum Gasteiger partial charge on any atom is -0.468 e. The van der Waals surface area contributed by atoms with Gasteiger partial charge in [0.15, 0.2) is 0 Å². The van der Waals surface area contributed by atoms with Crippen LogP contribution in [0.15, 0.2) is 24.3 Å². The number of nitrogens with one attached hydrogen (secondary N) is 3. The molecule has 0 saturated carbocycles. The number of carbonyl (C=O) groups excluding carboxylic acids is 2. The molecule has 0 aromatic heterocycles. The number of benzene rings is 1. The van der Waals surface area contributed by atoms with Gasteiger partial charge in [-0.15, -0.1) is 0 Å². The number of nitrogen functional groups attached to an aromatic ring is 1. The lowest BCUT2D eigenvalue weighted by atomic mass is 10.1. The first-order chi connectivity index (χ1) is 12.1. The normalized spacial score (nSPS) is 12.2. The lowest BCUT2D eigenvalue weighted by Crippen LogP contribution is -2.48. The van der Waals surface area contributed by atoms with Gasteiger partial charge in [0.25, 0.3) is 0 Å². The van der Waals surface area contributed by atoms with E-state index in [2.05, 4.69) is 14.8 Å². The van der Waals surface area contributed by atoms with Crippen molar-refractivity contribution in [2.45, 2.75) is 25.3 Å². The lowest BCUT2D eigenvalue weighted by molar-refractivity contribution is -0.142. The van der Waals surface area contributed by atoms with Crippen LogP contribution in [-0.4, -0.2) is 52.1 Å². The number of carbonyl (C=O) groups is 2. The number of hydrogen-bond donors (Lipinski definition) is 4. The van der Waals surface area contributed by atoms with E-state index in [1.807, 2.05) is 12.1 Å². The van der Waals surface area contributed by atoms with Crippen molar-refractivity contribution in [1.29, 1.82) is 5.41 Å². The highest BCUT2D eigenvalue weighted by Gasteiger charge is 2.23. The van der Waals surface area contributed by atoms with E-state index < -0.39 is 22.0 Å². The van der Waals surface area contributed by atoms with Crippen molar-refractivity contribution in [1.82, 2.24) is 10.0 Å². The molecule has 1 atom stereocenters. The summed E-state index contributed by atoms with van der Waals surface area (Å²) in [5.74, 6) is -1.07. The molecule has 0 spiro atoms. The van der Waals surface area contributed by atoms with E-state index in [1.165, 1.54) is 0 Å². The molecule has 0 heterocycles. The van der Waals surface area contributed by atoms with Gasteiger partial charge in [-0.1, -0.05) is 24.3 Å². The van der Waals surface area contributed by atoms with Gasteiger partial charge in [0.1, 0.15) is 11.9 Å². The third-order valence-electron chi connectivity index (χ3n) is 3.48. The summed E-state index contributed by atoms with van der Waals surface area (Å²) in [4.78, 5) is 23.4. The van der Waals surface area contributed by atoms with Crippen LogP contribution in [0.25, 0.3) is 0 Å². The number of methoxy groups -OCH3 is 1. The molecular formula is C16H24N4O5S. The molecule has 0 fully saturated rings. The zero-order valence-electron chi connectivity index (χ0n) is 14.7. The Morgan fingerprint density at radius 2 is 1.88 bits per heavy atom. The Morgan fingerprint density at radius 3 is 2.38 bits per heavy atom. The van der Waals surface area contributed by atoms with Gasteiger partial charge >= 0.3 is 5.97 Å². The fourth-order valence-corrected chi connectivity index (χ4v) is 2.88. The van der Waals surface area contributed by atoms with E-state index in [-0.39, 0.29) is 24.7 Å². The van der Waals surface area contributed by atoms with Gasteiger partial charge in [0, 0.05) is 18.5 Å². The summed E-state index contributed by atoms with van der Waals surface area (Å²) in [6.07, 6.45) is 2.38. The smallest absolute Gasteiger partial charge is 0.325 e. The second-order valence-electron chi connectivity index (χ2n) is 5.73. The van der Waals surface area contributed by atoms with E-state index >= 15 is 0 Å². The van der Waals surface area contributed by atoms with Crippen molar-refractivity contribution < 1.29 is 22.7 Å². The molecule has 1 aromatic rings. The number of rotatable bonds is 10. The number of amidine groups is 1. The van der Waals surface area contributed by atoms with E-state index in [0.717, 1.165) is 18.9 Å². The average molecular weight is 384 g/mol. The summed E-state index contributed by atoms with van der Waals surface area (Å²) in [5, 5.41) is 9.85. The molecule has 1 unspecified atom stereocenters. The van der Waals surface area contributed by atoms with Gasteiger partial charge in [-0.2, -0.15) is 4.72 Å². The van der Waals surface area contributed by atoms with Crippen molar-refractivity contribution in [3.05, 3.63) is 35.4 Å². The Hall–Kier alpha value is -2.46. The largest absolute Gasteiger partial charge is 0.468 e. The van der Waals surface area contributed by atoms with Crippen LogP contribution in [0.4, 0.5) is 0 Å². The van der Waals surface area contributed by atoms with Crippen molar-refractivity contribution in [3.8, 4) is 0 Å². The number of sulfonamides is 1. The van der Waals surface area contributed by atoms with Crippen molar-refractivity contribution in [2.24, 2.45) is 5.73 Å². The zero-order chi connectivity index (χ0) is 19.7. The first-order valence-corrected chi connectivity index (χ1v) is 9.76. The molecule has 1 rings (SSSR count). The first-order valence-electron chi connectivity index (χ1n) is 7.87. The standard InChI is InChI=1S/C16H24N4O5S/c1-25-16(22)13(20-26(2,23)24)10-19-14(21)5-3-4-11-6-8-12(9-7-11)15(17)18/h6-9,13,20H,3-5,10H2,1-2H3,(H3,17,18)(H,19,21). The highest BCUT2D eigenvalue weighted by atomic mass is 32.2. The first kappa shape index (κ1) is 21.6. The summed E-state index contributed by atoms with van der Waals surface area (Å²) in [6.45, 7) is -0.189. The average Bonchev–Trinajstić information content (AvgIpc) is 2.57. The number of esters is 1. The third-order valence-corrected chi connectivity index (χ3v) is 4.19. The molecule has 26 heavy (non-hydrogen) atoms. The van der Waals surface area contributed by atoms with Crippen LogP contribution in [0, 0.1) is 5.41 Å². The minimum absolute atomic E-state index is 0.00112. The predicted octanol–water partition coefficient (Wildman–Crippen LogP) is -0.500. The Kier molecular flexibility index (Phi) is 8.20. The van der Waals surface area contributed by atoms with Crippen LogP contribution in [0.5, 0.6) is 0 Å². The van der Waals surface area contributed by atoms with Crippen LogP contribution in [0.3, 0.4) is 0 Å². The Bertz CT molecular complexity index is 746. The second-order valence-corrected chi connectivity index (χ2v) is 7.51. The monoisotopic (exact) mass is 384 g/mol. The summed E-state index contributed by atoms with van der Waals surface area (Å²) in [6, 6.07) is 6.01. The van der Waals surface area contributed by atoms with Gasteiger partial charge in [-0.25, -0.2) is 8.42 Å². The summed E-state index contributed by atoms with van der Waals surface area (Å²) in [5.41, 5.74) is 7.03. The molecule has 9 nitrogen and oxygen atoms in total. The number of ether oxygens (including phenoxy) is 1.